The Balaban J connectivity index is 1.49. The minimum Gasteiger partial charge on any atom is -0.337 e. The molecule has 0 aliphatic heterocycles. The van der Waals surface area contributed by atoms with Crippen LogP contribution in [0, 0.1) is 0 Å². The monoisotopic (exact) mass is 494 g/mol. The number of benzene rings is 4. The number of hydrogen-bond donors (Lipinski definition) is 0. The second kappa shape index (κ2) is 10.2. The van der Waals surface area contributed by atoms with Crippen LogP contribution in [-0.2, 0) is 33.5 Å². The first-order valence-corrected chi connectivity index (χ1v) is 13.4. The highest BCUT2D eigenvalue weighted by atomic mass is 32.2. The summed E-state index contributed by atoms with van der Waals surface area (Å²) in [5, 5.41) is 0.621. The van der Waals surface area contributed by atoms with Gasteiger partial charge >= 0.3 is 0 Å². The standard InChI is InChI=1S/C30H26N2O3S/c33-30(32(26-16-8-3-9-17-26)20-24-12-4-1-5-13-24)22-31-21-29(27-18-10-11-19-28(27)31)36(34,35)23-25-14-6-2-7-15-25/h1-19,21H,20,22-23H2. The number of carbonyl (C=O) groups excluding carboxylic acids is 1. The Kier molecular flexibility index (Phi) is 6.69. The van der Waals surface area contributed by atoms with Crippen LogP contribution in [0.2, 0.25) is 0 Å². The molecule has 0 bridgehead atoms. The van der Waals surface area contributed by atoms with Crippen molar-refractivity contribution in [3.8, 4) is 0 Å². The highest BCUT2D eigenvalue weighted by molar-refractivity contribution is 7.90. The second-order valence-electron chi connectivity index (χ2n) is 8.68. The number of amides is 1. The van der Waals surface area contributed by atoms with E-state index in [1.54, 1.807) is 21.7 Å². The molecule has 5 rings (SSSR count). The molecule has 5 aromatic rings. The third-order valence-corrected chi connectivity index (χ3v) is 7.85. The maximum atomic E-state index is 13.7. The third-order valence-electron chi connectivity index (χ3n) is 6.14. The van der Waals surface area contributed by atoms with Gasteiger partial charge in [0.15, 0.2) is 9.84 Å². The predicted molar refractivity (Wildman–Crippen MR) is 143 cm³/mol. The largest absolute Gasteiger partial charge is 0.337 e. The lowest BCUT2D eigenvalue weighted by atomic mass is 10.2. The van der Waals surface area contributed by atoms with Crippen LogP contribution in [0.3, 0.4) is 0 Å². The first-order valence-electron chi connectivity index (χ1n) is 11.8. The van der Waals surface area contributed by atoms with E-state index in [0.29, 0.717) is 17.4 Å². The Morgan fingerprint density at radius 3 is 1.92 bits per heavy atom. The van der Waals surface area contributed by atoms with Crippen molar-refractivity contribution in [2.24, 2.45) is 0 Å². The van der Waals surface area contributed by atoms with Crippen molar-refractivity contribution in [2.75, 3.05) is 4.90 Å². The van der Waals surface area contributed by atoms with Crippen molar-refractivity contribution in [1.82, 2.24) is 4.57 Å². The van der Waals surface area contributed by atoms with Gasteiger partial charge in [-0.3, -0.25) is 4.79 Å². The lowest BCUT2D eigenvalue weighted by Gasteiger charge is -2.23. The zero-order valence-electron chi connectivity index (χ0n) is 19.7. The first kappa shape index (κ1) is 23.6. The van der Waals surface area contributed by atoms with E-state index in [0.717, 1.165) is 16.8 Å². The van der Waals surface area contributed by atoms with Gasteiger partial charge < -0.3 is 9.47 Å². The van der Waals surface area contributed by atoms with Crippen molar-refractivity contribution >= 4 is 32.3 Å². The number of rotatable bonds is 8. The van der Waals surface area contributed by atoms with E-state index < -0.39 is 9.84 Å². The molecule has 0 fully saturated rings. The SMILES string of the molecule is O=C(Cn1cc(S(=O)(=O)Cc2ccccc2)c2ccccc21)N(Cc1ccccc1)c1ccccc1. The van der Waals surface area contributed by atoms with Gasteiger partial charge in [0.25, 0.3) is 0 Å². The lowest BCUT2D eigenvalue weighted by Crippen LogP contribution is -2.33. The smallest absolute Gasteiger partial charge is 0.247 e. The number of aromatic nitrogens is 1. The fourth-order valence-electron chi connectivity index (χ4n) is 4.39. The molecule has 0 radical (unpaired) electrons. The number of para-hydroxylation sites is 2. The lowest BCUT2D eigenvalue weighted by molar-refractivity contribution is -0.119. The molecule has 0 saturated heterocycles. The second-order valence-corrected chi connectivity index (χ2v) is 10.6. The summed E-state index contributed by atoms with van der Waals surface area (Å²) in [6.45, 7) is 0.436. The van der Waals surface area contributed by atoms with E-state index >= 15 is 0 Å². The molecule has 0 aliphatic carbocycles. The van der Waals surface area contributed by atoms with Crippen molar-refractivity contribution in [3.63, 3.8) is 0 Å². The van der Waals surface area contributed by atoms with Crippen LogP contribution in [0.5, 0.6) is 0 Å². The molecule has 6 heteroatoms. The Morgan fingerprint density at radius 1 is 0.694 bits per heavy atom. The zero-order chi connectivity index (χ0) is 25.0. The summed E-state index contributed by atoms with van der Waals surface area (Å²) >= 11 is 0. The normalized spacial score (nSPS) is 11.4. The van der Waals surface area contributed by atoms with Crippen LogP contribution >= 0.6 is 0 Å². The molecule has 36 heavy (non-hydrogen) atoms. The molecule has 0 N–H and O–H groups in total. The van der Waals surface area contributed by atoms with Crippen LogP contribution in [-0.4, -0.2) is 18.9 Å². The van der Waals surface area contributed by atoms with E-state index in [1.807, 2.05) is 109 Å². The van der Waals surface area contributed by atoms with Gasteiger partial charge in [-0.25, -0.2) is 8.42 Å². The fraction of sp³-hybridized carbons (Fsp3) is 0.100. The first-order chi connectivity index (χ1) is 17.5. The van der Waals surface area contributed by atoms with Crippen LogP contribution < -0.4 is 4.90 Å². The summed E-state index contributed by atoms with van der Waals surface area (Å²) in [6.07, 6.45) is 1.60. The molecule has 0 unspecified atom stereocenters. The van der Waals surface area contributed by atoms with Crippen molar-refractivity contribution in [2.45, 2.75) is 23.7 Å². The van der Waals surface area contributed by atoms with Gasteiger partial charge in [-0.05, 0) is 29.3 Å². The molecule has 1 heterocycles. The average molecular weight is 495 g/mol. The highest BCUT2D eigenvalue weighted by Gasteiger charge is 2.24. The Hall–Kier alpha value is -4.16. The van der Waals surface area contributed by atoms with Crippen LogP contribution in [0.1, 0.15) is 11.1 Å². The number of hydrogen-bond acceptors (Lipinski definition) is 3. The summed E-state index contributed by atoms with van der Waals surface area (Å²) in [7, 11) is -3.62. The maximum absolute atomic E-state index is 13.7. The van der Waals surface area contributed by atoms with E-state index in [2.05, 4.69) is 0 Å². The van der Waals surface area contributed by atoms with Gasteiger partial charge in [-0.1, -0.05) is 97.1 Å². The minimum atomic E-state index is -3.62. The summed E-state index contributed by atoms with van der Waals surface area (Å²) in [5.41, 5.74) is 3.24. The quantitative estimate of drug-likeness (QED) is 0.272. The molecule has 0 saturated carbocycles. The van der Waals surface area contributed by atoms with Gasteiger partial charge in [-0.2, -0.15) is 0 Å². The number of anilines is 1. The molecule has 1 aromatic heterocycles. The molecule has 180 valence electrons. The summed E-state index contributed by atoms with van der Waals surface area (Å²) in [5.74, 6) is -0.224. The highest BCUT2D eigenvalue weighted by Crippen LogP contribution is 2.29. The van der Waals surface area contributed by atoms with Gasteiger partial charge in [-0.15, -0.1) is 0 Å². The topological polar surface area (TPSA) is 59.4 Å². The molecular weight excluding hydrogens is 468 g/mol. The van der Waals surface area contributed by atoms with E-state index in [1.165, 1.54) is 0 Å². The zero-order valence-corrected chi connectivity index (χ0v) is 20.5. The molecule has 0 spiro atoms. The van der Waals surface area contributed by atoms with Crippen LogP contribution in [0.15, 0.2) is 126 Å². The summed E-state index contributed by atoms with van der Waals surface area (Å²) < 4.78 is 28.6. The molecule has 1 amide bonds. The van der Waals surface area contributed by atoms with Gasteiger partial charge in [0.05, 0.1) is 17.2 Å². The Bertz CT molecular complexity index is 1580. The molecule has 5 nitrogen and oxygen atoms in total. The predicted octanol–water partition coefficient (Wildman–Crippen LogP) is 5.85. The number of nitrogens with zero attached hydrogens (tertiary/aromatic N) is 2. The maximum Gasteiger partial charge on any atom is 0.247 e. The van der Waals surface area contributed by atoms with Crippen LogP contribution in [0.4, 0.5) is 5.69 Å². The van der Waals surface area contributed by atoms with Gasteiger partial charge in [0.1, 0.15) is 6.54 Å². The minimum absolute atomic E-state index is 0.0170. The Morgan fingerprint density at radius 2 is 1.25 bits per heavy atom. The van der Waals surface area contributed by atoms with Gasteiger partial charge in [0.2, 0.25) is 5.91 Å². The third kappa shape index (κ3) is 5.09. The molecular formula is C30H26N2O3S. The number of carbonyl (C=O) groups is 1. The van der Waals surface area contributed by atoms with Crippen molar-refractivity contribution < 1.29 is 13.2 Å². The van der Waals surface area contributed by atoms with E-state index in [9.17, 15) is 13.2 Å². The Labute approximate surface area is 211 Å². The van der Waals surface area contributed by atoms with Crippen molar-refractivity contribution in [1.29, 1.82) is 0 Å². The summed E-state index contributed by atoms with van der Waals surface area (Å²) in [6, 6.07) is 35.8. The van der Waals surface area contributed by atoms with E-state index in [4.69, 9.17) is 0 Å². The number of sulfone groups is 1. The van der Waals surface area contributed by atoms with Gasteiger partial charge in [0, 0.05) is 22.8 Å². The average Bonchev–Trinajstić information content (AvgIpc) is 3.28. The number of fused-ring (bicyclic) bond motifs is 1. The fourth-order valence-corrected chi connectivity index (χ4v) is 5.97. The molecule has 4 aromatic carbocycles. The van der Waals surface area contributed by atoms with Crippen LogP contribution in [0.25, 0.3) is 10.9 Å². The summed E-state index contributed by atoms with van der Waals surface area (Å²) in [4.78, 5) is 15.6. The molecule has 0 aliphatic rings. The van der Waals surface area contributed by atoms with Crippen molar-refractivity contribution in [3.05, 3.63) is 133 Å². The van der Waals surface area contributed by atoms with E-state index in [-0.39, 0.29) is 23.1 Å². The molecule has 0 atom stereocenters.